The minimum absolute atomic E-state index is 0.0531. The summed E-state index contributed by atoms with van der Waals surface area (Å²) in [6.07, 6.45) is 0.955. The molecule has 1 aromatic carbocycles. The maximum absolute atomic E-state index is 12.6. The maximum Gasteiger partial charge on any atom is 0.242 e. The van der Waals surface area contributed by atoms with Crippen molar-refractivity contribution in [2.45, 2.75) is 25.9 Å². The lowest BCUT2D eigenvalue weighted by atomic mass is 9.99. The highest BCUT2D eigenvalue weighted by Crippen LogP contribution is 2.33. The standard InChI is InChI=1S/C17H20N2O2S/c1-2-18-17(21)16(13-5-3-4-6-14(13)20)19-9-7-15-12(11-19)8-10-22-15/h3-6,8,10,16,20H,2,7,9,11H2,1H3,(H,18,21). The molecule has 1 aromatic heterocycles. The molecule has 0 aliphatic carbocycles. The van der Waals surface area contributed by atoms with Gasteiger partial charge in [0.15, 0.2) is 0 Å². The number of thiophene rings is 1. The highest BCUT2D eigenvalue weighted by molar-refractivity contribution is 7.10. The van der Waals surface area contributed by atoms with E-state index in [1.165, 1.54) is 10.4 Å². The molecule has 0 fully saturated rings. The number of para-hydroxylation sites is 1. The number of rotatable bonds is 4. The third-order valence-electron chi connectivity index (χ3n) is 4.03. The van der Waals surface area contributed by atoms with Crippen molar-refractivity contribution in [3.8, 4) is 5.75 Å². The number of nitrogens with zero attached hydrogens (tertiary/aromatic N) is 1. The summed E-state index contributed by atoms with van der Waals surface area (Å²) >= 11 is 1.78. The van der Waals surface area contributed by atoms with Gasteiger partial charge in [-0.05, 0) is 36.4 Å². The number of nitrogens with one attached hydrogen (secondary N) is 1. The Kier molecular flexibility index (Phi) is 4.45. The summed E-state index contributed by atoms with van der Waals surface area (Å²) in [5.74, 6) is 0.123. The molecule has 0 spiro atoms. The van der Waals surface area contributed by atoms with E-state index in [-0.39, 0.29) is 11.7 Å². The molecule has 0 bridgehead atoms. The first-order valence-electron chi connectivity index (χ1n) is 7.55. The van der Waals surface area contributed by atoms with Crippen LogP contribution >= 0.6 is 11.3 Å². The number of phenolic OH excluding ortho intramolecular Hbond substituents is 1. The Hall–Kier alpha value is -1.85. The highest BCUT2D eigenvalue weighted by Gasteiger charge is 2.32. The molecule has 2 heterocycles. The van der Waals surface area contributed by atoms with Gasteiger partial charge in [0.2, 0.25) is 5.91 Å². The van der Waals surface area contributed by atoms with Crippen LogP contribution in [-0.4, -0.2) is 29.0 Å². The van der Waals surface area contributed by atoms with Gasteiger partial charge in [-0.25, -0.2) is 0 Å². The van der Waals surface area contributed by atoms with Crippen molar-refractivity contribution in [2.24, 2.45) is 0 Å². The Morgan fingerprint density at radius 3 is 3.00 bits per heavy atom. The van der Waals surface area contributed by atoms with E-state index in [4.69, 9.17) is 0 Å². The average Bonchev–Trinajstić information content (AvgIpc) is 2.97. The zero-order valence-corrected chi connectivity index (χ0v) is 13.4. The van der Waals surface area contributed by atoms with Crippen LogP contribution in [0.25, 0.3) is 0 Å². The normalized spacial score (nSPS) is 16.0. The van der Waals surface area contributed by atoms with Crippen LogP contribution in [0.5, 0.6) is 5.75 Å². The number of amides is 1. The van der Waals surface area contributed by atoms with Crippen LogP contribution in [0.4, 0.5) is 0 Å². The molecule has 1 atom stereocenters. The van der Waals surface area contributed by atoms with Crippen LogP contribution in [0.2, 0.25) is 0 Å². The first-order valence-corrected chi connectivity index (χ1v) is 8.43. The van der Waals surface area contributed by atoms with Gasteiger partial charge >= 0.3 is 0 Å². The van der Waals surface area contributed by atoms with E-state index in [9.17, 15) is 9.90 Å². The lowest BCUT2D eigenvalue weighted by Gasteiger charge is -2.34. The number of benzene rings is 1. The zero-order valence-electron chi connectivity index (χ0n) is 12.6. The predicted molar refractivity (Wildman–Crippen MR) is 88.0 cm³/mol. The molecular weight excluding hydrogens is 296 g/mol. The Balaban J connectivity index is 1.93. The van der Waals surface area contributed by atoms with Gasteiger partial charge in [0.25, 0.3) is 0 Å². The van der Waals surface area contributed by atoms with Crippen molar-refractivity contribution in [1.29, 1.82) is 0 Å². The van der Waals surface area contributed by atoms with Crippen LogP contribution in [0.15, 0.2) is 35.7 Å². The first-order chi connectivity index (χ1) is 10.7. The summed E-state index contributed by atoms with van der Waals surface area (Å²) in [7, 11) is 0. The molecule has 2 aromatic rings. The molecule has 5 heteroatoms. The molecule has 1 unspecified atom stereocenters. The van der Waals surface area contributed by atoms with Crippen LogP contribution in [0.3, 0.4) is 0 Å². The fraction of sp³-hybridized carbons (Fsp3) is 0.353. The van der Waals surface area contributed by atoms with Crippen molar-refractivity contribution >= 4 is 17.2 Å². The van der Waals surface area contributed by atoms with Crippen molar-refractivity contribution in [3.63, 3.8) is 0 Å². The minimum atomic E-state index is -0.450. The minimum Gasteiger partial charge on any atom is -0.508 e. The van der Waals surface area contributed by atoms with E-state index in [2.05, 4.69) is 21.7 Å². The molecular formula is C17H20N2O2S. The number of carbonyl (C=O) groups is 1. The van der Waals surface area contributed by atoms with E-state index in [1.54, 1.807) is 23.5 Å². The lowest BCUT2D eigenvalue weighted by molar-refractivity contribution is -0.127. The van der Waals surface area contributed by atoms with Gasteiger partial charge in [0.05, 0.1) is 0 Å². The van der Waals surface area contributed by atoms with Gasteiger partial charge in [-0.2, -0.15) is 0 Å². The fourth-order valence-electron chi connectivity index (χ4n) is 2.98. The molecule has 116 valence electrons. The van der Waals surface area contributed by atoms with Gasteiger partial charge in [-0.1, -0.05) is 18.2 Å². The molecule has 3 rings (SSSR count). The summed E-state index contributed by atoms with van der Waals surface area (Å²) in [6, 6.07) is 8.79. The Bertz CT molecular complexity index is 668. The van der Waals surface area contributed by atoms with Gasteiger partial charge < -0.3 is 10.4 Å². The molecule has 1 aliphatic heterocycles. The third-order valence-corrected chi connectivity index (χ3v) is 5.06. The van der Waals surface area contributed by atoms with E-state index in [0.29, 0.717) is 12.1 Å². The number of aromatic hydroxyl groups is 1. The topological polar surface area (TPSA) is 52.6 Å². The number of carbonyl (C=O) groups excluding carboxylic acids is 1. The first kappa shape index (κ1) is 15.1. The second kappa shape index (κ2) is 6.50. The molecule has 1 aliphatic rings. The zero-order chi connectivity index (χ0) is 15.5. The monoisotopic (exact) mass is 316 g/mol. The summed E-state index contributed by atoms with van der Waals surface area (Å²) in [5, 5.41) is 15.2. The fourth-order valence-corrected chi connectivity index (χ4v) is 3.87. The largest absolute Gasteiger partial charge is 0.508 e. The summed E-state index contributed by atoms with van der Waals surface area (Å²) < 4.78 is 0. The molecule has 4 nitrogen and oxygen atoms in total. The molecule has 0 saturated carbocycles. The van der Waals surface area contributed by atoms with Gasteiger partial charge in [-0.3, -0.25) is 9.69 Å². The predicted octanol–water partition coefficient (Wildman–Crippen LogP) is 2.69. The molecule has 0 saturated heterocycles. The second-order valence-corrected chi connectivity index (χ2v) is 6.45. The smallest absolute Gasteiger partial charge is 0.242 e. The summed E-state index contributed by atoms with van der Waals surface area (Å²) in [4.78, 5) is 16.1. The van der Waals surface area contributed by atoms with Crippen molar-refractivity contribution < 1.29 is 9.90 Å². The Morgan fingerprint density at radius 2 is 2.23 bits per heavy atom. The molecule has 1 amide bonds. The molecule has 22 heavy (non-hydrogen) atoms. The van der Waals surface area contributed by atoms with Crippen LogP contribution in [0, 0.1) is 0 Å². The van der Waals surface area contributed by atoms with Crippen molar-refractivity contribution in [1.82, 2.24) is 10.2 Å². The maximum atomic E-state index is 12.6. The van der Waals surface area contributed by atoms with E-state index < -0.39 is 6.04 Å². The number of likely N-dealkylation sites (N-methyl/N-ethyl adjacent to an activating group) is 1. The van der Waals surface area contributed by atoms with Crippen molar-refractivity contribution in [3.05, 3.63) is 51.7 Å². The number of phenols is 1. The SMILES string of the molecule is CCNC(=O)C(c1ccccc1O)N1CCc2sccc2C1. The van der Waals surface area contributed by atoms with E-state index >= 15 is 0 Å². The Morgan fingerprint density at radius 1 is 1.41 bits per heavy atom. The lowest BCUT2D eigenvalue weighted by Crippen LogP contribution is -2.42. The number of hydrogen-bond acceptors (Lipinski definition) is 4. The van der Waals surface area contributed by atoms with Crippen LogP contribution < -0.4 is 5.32 Å². The third kappa shape index (κ3) is 2.87. The van der Waals surface area contributed by atoms with Crippen LogP contribution in [0.1, 0.15) is 29.0 Å². The average molecular weight is 316 g/mol. The quantitative estimate of drug-likeness (QED) is 0.912. The highest BCUT2D eigenvalue weighted by atomic mass is 32.1. The van der Waals surface area contributed by atoms with E-state index in [0.717, 1.165) is 19.5 Å². The Labute approximate surface area is 134 Å². The number of hydrogen-bond donors (Lipinski definition) is 2. The second-order valence-electron chi connectivity index (χ2n) is 5.45. The van der Waals surface area contributed by atoms with E-state index in [1.807, 2.05) is 19.1 Å². The molecule has 0 radical (unpaired) electrons. The van der Waals surface area contributed by atoms with Crippen LogP contribution in [-0.2, 0) is 17.8 Å². The van der Waals surface area contributed by atoms with Gasteiger partial charge in [0.1, 0.15) is 11.8 Å². The number of fused-ring (bicyclic) bond motifs is 1. The van der Waals surface area contributed by atoms with Gasteiger partial charge in [0, 0.05) is 30.1 Å². The summed E-state index contributed by atoms with van der Waals surface area (Å²) in [5.41, 5.74) is 1.97. The van der Waals surface area contributed by atoms with Crippen molar-refractivity contribution in [2.75, 3.05) is 13.1 Å². The molecule has 2 N–H and O–H groups in total. The summed E-state index contributed by atoms with van der Waals surface area (Å²) in [6.45, 7) is 4.06. The van der Waals surface area contributed by atoms with Gasteiger partial charge in [-0.15, -0.1) is 11.3 Å².